The molecule has 23 heteroatoms. The summed E-state index contributed by atoms with van der Waals surface area (Å²) in [5, 5.41) is 20.4. The Balaban J connectivity index is 0.824. The van der Waals surface area contributed by atoms with Gasteiger partial charge in [-0.15, -0.1) is 0 Å². The van der Waals surface area contributed by atoms with E-state index in [1.807, 2.05) is 30.3 Å². The molecule has 0 aromatic heterocycles. The fourth-order valence-electron chi connectivity index (χ4n) is 11.0. The van der Waals surface area contributed by atoms with Crippen LogP contribution in [0.4, 0.5) is 24.0 Å². The molecule has 23 nitrogen and oxygen atoms in total. The average molecular weight is 933 g/mol. The van der Waals surface area contributed by atoms with E-state index >= 15 is 0 Å². The smallest absolute Gasteiger partial charge is 0.429 e. The van der Waals surface area contributed by atoms with Crippen LogP contribution in [0.2, 0.25) is 0 Å². The van der Waals surface area contributed by atoms with Gasteiger partial charge in [0.15, 0.2) is 0 Å². The number of likely N-dealkylation sites (tertiary alicyclic amines) is 4. The standard InChI is InChI=1S/C44H60N12O11/c57-36(49-22-8-25-52(49)41(63)46-19-5-15-33(46)37(58)51-24-10-27-54(51)43(65)48-21-7-17-35(48)39(60)61)32-14-4-18-45(32)40(62)53-26-9-23-50(53)38(59)34-16-6-20-47(34)42(64)55-28-11-29-56(55)44(66)67-30-31-12-2-1-3-13-31/h1-3,12-13,32-35H,4-11,14-30H2,(H,60,61)/t32-,33-,34-,35-/m0/s1. The second-order valence-electron chi connectivity index (χ2n) is 18.3. The first kappa shape index (κ1) is 45.6. The van der Waals surface area contributed by atoms with E-state index in [2.05, 4.69) is 0 Å². The van der Waals surface area contributed by atoms with E-state index in [0.29, 0.717) is 83.6 Å². The van der Waals surface area contributed by atoms with Gasteiger partial charge in [-0.05, 0) is 82.6 Å². The first-order valence-electron chi connectivity index (χ1n) is 23.9. The summed E-state index contributed by atoms with van der Waals surface area (Å²) in [6.45, 7) is 3.11. The molecular formula is C44H60N12O11. The molecule has 8 aliphatic heterocycles. The molecule has 12 amide bonds. The quantitative estimate of drug-likeness (QED) is 0.435. The van der Waals surface area contributed by atoms with Crippen LogP contribution < -0.4 is 0 Å². The predicted octanol–water partition coefficient (Wildman–Crippen LogP) is 2.02. The summed E-state index contributed by atoms with van der Waals surface area (Å²) in [5.74, 6) is -2.37. The Morgan fingerprint density at radius 3 is 1.09 bits per heavy atom. The number of amides is 12. The summed E-state index contributed by atoms with van der Waals surface area (Å²) in [6.07, 6.45) is 4.94. The molecular weight excluding hydrogens is 873 g/mol. The molecule has 1 aromatic carbocycles. The SMILES string of the molecule is O=C(O)[C@@H]1CCCN1C(=O)N1CCCN1C(=O)[C@@H]1CCCN1C(=O)N1CCCN1C(=O)[C@@H]1CCCN1C(=O)N1CCCN1C(=O)[C@@H]1CCCN1C(=O)N1CCCN1C(=O)OCc1ccccc1. The lowest BCUT2D eigenvalue weighted by atomic mass is 10.2. The number of urea groups is 4. The summed E-state index contributed by atoms with van der Waals surface area (Å²) < 4.78 is 5.52. The van der Waals surface area contributed by atoms with Gasteiger partial charge in [-0.1, -0.05) is 30.3 Å². The Morgan fingerprint density at radius 2 is 0.716 bits per heavy atom. The highest BCUT2D eigenvalue weighted by Gasteiger charge is 2.50. The van der Waals surface area contributed by atoms with Crippen LogP contribution in [0, 0.1) is 0 Å². The van der Waals surface area contributed by atoms with Gasteiger partial charge in [0.2, 0.25) is 0 Å². The molecule has 362 valence electrons. The topological polar surface area (TPSA) is 222 Å². The molecule has 8 saturated heterocycles. The van der Waals surface area contributed by atoms with Gasteiger partial charge in [0.1, 0.15) is 30.8 Å². The maximum absolute atomic E-state index is 14.5. The van der Waals surface area contributed by atoms with Crippen molar-refractivity contribution in [2.75, 3.05) is 78.5 Å². The van der Waals surface area contributed by atoms with Gasteiger partial charge >= 0.3 is 36.2 Å². The van der Waals surface area contributed by atoms with Gasteiger partial charge < -0.3 is 29.4 Å². The van der Waals surface area contributed by atoms with Crippen molar-refractivity contribution >= 4 is 53.9 Å². The molecule has 1 N–H and O–H groups in total. The fraction of sp³-hybridized carbons (Fsp3) is 0.659. The molecule has 8 heterocycles. The van der Waals surface area contributed by atoms with Gasteiger partial charge in [0.25, 0.3) is 17.7 Å². The van der Waals surface area contributed by atoms with Crippen molar-refractivity contribution in [3.05, 3.63) is 35.9 Å². The first-order valence-corrected chi connectivity index (χ1v) is 23.9. The number of aliphatic carboxylic acids is 1. The third-order valence-electron chi connectivity index (χ3n) is 14.3. The highest BCUT2D eigenvalue weighted by Crippen LogP contribution is 2.32. The van der Waals surface area contributed by atoms with Gasteiger partial charge in [-0.3, -0.25) is 14.4 Å². The van der Waals surface area contributed by atoms with Crippen LogP contribution in [0.15, 0.2) is 30.3 Å². The number of hydrazine groups is 4. The summed E-state index contributed by atoms with van der Waals surface area (Å²) in [5.41, 5.74) is 0.807. The van der Waals surface area contributed by atoms with Crippen molar-refractivity contribution in [3.63, 3.8) is 0 Å². The fourth-order valence-corrected chi connectivity index (χ4v) is 11.0. The average Bonchev–Trinajstić information content (AvgIpc) is 4.20. The van der Waals surface area contributed by atoms with Crippen LogP contribution in [0.1, 0.15) is 82.6 Å². The van der Waals surface area contributed by atoms with Crippen LogP contribution in [0.5, 0.6) is 0 Å². The summed E-state index contributed by atoms with van der Waals surface area (Å²) in [7, 11) is 0. The van der Waals surface area contributed by atoms with E-state index in [0.717, 1.165) is 5.56 Å². The lowest BCUT2D eigenvalue weighted by molar-refractivity contribution is -0.147. The van der Waals surface area contributed by atoms with E-state index in [-0.39, 0.29) is 78.6 Å². The van der Waals surface area contributed by atoms with E-state index in [1.54, 1.807) is 0 Å². The van der Waals surface area contributed by atoms with Gasteiger partial charge in [-0.25, -0.2) is 68.8 Å². The zero-order chi connectivity index (χ0) is 46.9. The lowest BCUT2D eigenvalue weighted by Gasteiger charge is -2.39. The third-order valence-corrected chi connectivity index (χ3v) is 14.3. The maximum atomic E-state index is 14.5. The van der Waals surface area contributed by atoms with E-state index < -0.39 is 78.1 Å². The van der Waals surface area contributed by atoms with Crippen LogP contribution >= 0.6 is 0 Å². The molecule has 0 aliphatic carbocycles. The predicted molar refractivity (Wildman–Crippen MR) is 232 cm³/mol. The third kappa shape index (κ3) is 8.67. The van der Waals surface area contributed by atoms with Crippen molar-refractivity contribution in [3.8, 4) is 0 Å². The number of carbonyl (C=O) groups excluding carboxylic acids is 8. The van der Waals surface area contributed by atoms with Crippen molar-refractivity contribution in [2.45, 2.75) is 108 Å². The Labute approximate surface area is 388 Å². The minimum absolute atomic E-state index is 0.0458. The first-order chi connectivity index (χ1) is 32.4. The maximum Gasteiger partial charge on any atom is 0.429 e. The molecule has 0 radical (unpaired) electrons. The molecule has 8 aliphatic rings. The Morgan fingerprint density at radius 1 is 0.403 bits per heavy atom. The number of benzene rings is 1. The Kier molecular flexibility index (Phi) is 13.2. The number of carbonyl (C=O) groups is 9. The molecule has 0 spiro atoms. The largest absolute Gasteiger partial charge is 0.480 e. The van der Waals surface area contributed by atoms with Gasteiger partial charge in [0.05, 0.1) is 0 Å². The molecule has 0 unspecified atom stereocenters. The van der Waals surface area contributed by atoms with Crippen LogP contribution in [0.3, 0.4) is 0 Å². The molecule has 0 bridgehead atoms. The second kappa shape index (κ2) is 19.4. The minimum Gasteiger partial charge on any atom is -0.480 e. The molecule has 4 atom stereocenters. The molecule has 9 rings (SSSR count). The number of carboxylic acid groups (broad SMARTS) is 1. The molecule has 67 heavy (non-hydrogen) atoms. The van der Waals surface area contributed by atoms with E-state index in [1.165, 1.54) is 59.7 Å². The second-order valence-corrected chi connectivity index (χ2v) is 18.3. The highest BCUT2D eigenvalue weighted by molar-refractivity contribution is 5.94. The summed E-state index contributed by atoms with van der Waals surface area (Å²) in [4.78, 5) is 130. The van der Waals surface area contributed by atoms with Crippen molar-refractivity contribution in [1.29, 1.82) is 0 Å². The highest BCUT2D eigenvalue weighted by atomic mass is 16.6. The molecule has 8 fully saturated rings. The normalized spacial score (nSPS) is 25.4. The zero-order valence-corrected chi connectivity index (χ0v) is 37.8. The van der Waals surface area contributed by atoms with Crippen LogP contribution in [-0.2, 0) is 30.5 Å². The number of hydrogen-bond donors (Lipinski definition) is 1. The summed E-state index contributed by atoms with van der Waals surface area (Å²) in [6, 6.07) is 3.53. The van der Waals surface area contributed by atoms with Gasteiger partial charge in [-0.2, -0.15) is 0 Å². The zero-order valence-electron chi connectivity index (χ0n) is 37.8. The molecule has 1 aromatic rings. The monoisotopic (exact) mass is 932 g/mol. The van der Waals surface area contributed by atoms with E-state index in [4.69, 9.17) is 4.74 Å². The Hall–Kier alpha value is -6.55. The van der Waals surface area contributed by atoms with Crippen LogP contribution in [0.25, 0.3) is 0 Å². The number of hydrogen-bond acceptors (Lipinski definition) is 10. The van der Waals surface area contributed by atoms with Gasteiger partial charge in [0, 0.05) is 78.5 Å². The Bertz CT molecular complexity index is 2130. The summed E-state index contributed by atoms with van der Waals surface area (Å²) >= 11 is 0. The number of rotatable bonds is 6. The lowest BCUT2D eigenvalue weighted by Crippen LogP contribution is -2.61. The number of carboxylic acids is 1. The number of nitrogens with zero attached hydrogens (tertiary/aromatic N) is 12. The van der Waals surface area contributed by atoms with Crippen LogP contribution in [-0.4, -0.2) is 221 Å². The van der Waals surface area contributed by atoms with E-state index in [9.17, 15) is 48.3 Å². The molecule has 0 saturated carbocycles. The van der Waals surface area contributed by atoms with Crippen molar-refractivity contribution in [2.24, 2.45) is 0 Å². The minimum atomic E-state index is -1.09. The number of ether oxygens (including phenoxy) is 1. The van der Waals surface area contributed by atoms with Crippen molar-refractivity contribution < 1.29 is 53.0 Å². The van der Waals surface area contributed by atoms with Crippen molar-refractivity contribution in [1.82, 2.24) is 59.7 Å².